The van der Waals surface area contributed by atoms with E-state index < -0.39 is 10.4 Å². The van der Waals surface area contributed by atoms with Gasteiger partial charge in [-0.25, -0.2) is 4.18 Å². The molecule has 0 bridgehead atoms. The molecule has 170 valence electrons. The third kappa shape index (κ3) is 4.71. The molecule has 0 unspecified atom stereocenters. The van der Waals surface area contributed by atoms with Crippen LogP contribution in [0.4, 0.5) is 0 Å². The lowest BCUT2D eigenvalue weighted by molar-refractivity contribution is -0.131. The van der Waals surface area contributed by atoms with E-state index in [1.165, 1.54) is 11.1 Å². The molecule has 0 spiro atoms. The fourth-order valence-corrected chi connectivity index (χ4v) is 4.90. The second-order valence-electron chi connectivity index (χ2n) is 8.10. The van der Waals surface area contributed by atoms with Crippen LogP contribution < -0.4 is 4.18 Å². The van der Waals surface area contributed by atoms with E-state index in [9.17, 15) is 13.2 Å². The lowest BCUT2D eigenvalue weighted by atomic mass is 9.88. The van der Waals surface area contributed by atoms with Gasteiger partial charge >= 0.3 is 10.4 Å². The zero-order valence-corrected chi connectivity index (χ0v) is 19.3. The van der Waals surface area contributed by atoms with Gasteiger partial charge in [-0.2, -0.15) is 8.42 Å². The minimum absolute atomic E-state index is 0.220. The summed E-state index contributed by atoms with van der Waals surface area (Å²) in [4.78, 5) is 19.0. The number of carbonyl (C=O) groups is 1. The first-order valence-corrected chi connectivity index (χ1v) is 12.3. The third-order valence-corrected chi connectivity index (χ3v) is 6.88. The number of hydrogen-bond donors (Lipinski definition) is 0. The van der Waals surface area contributed by atoms with E-state index in [2.05, 4.69) is 10.2 Å². The Labute approximate surface area is 189 Å². The molecule has 1 aromatic carbocycles. The molecule has 1 fully saturated rings. The van der Waals surface area contributed by atoms with Gasteiger partial charge in [-0.3, -0.25) is 9.78 Å². The first kappa shape index (κ1) is 22.5. The van der Waals surface area contributed by atoms with E-state index >= 15 is 0 Å². The molecule has 0 saturated carbocycles. The molecule has 1 amide bonds. The summed E-state index contributed by atoms with van der Waals surface area (Å²) < 4.78 is 32.9. The van der Waals surface area contributed by atoms with Crippen molar-refractivity contribution in [2.75, 3.05) is 20.2 Å². The number of hydrogen-bond acceptors (Lipinski definition) is 6. The summed E-state index contributed by atoms with van der Waals surface area (Å²) in [5, 5.41) is 0. The van der Waals surface area contributed by atoms with Crippen molar-refractivity contribution in [1.82, 2.24) is 9.88 Å². The van der Waals surface area contributed by atoms with Gasteiger partial charge in [0.25, 0.3) is 0 Å². The zero-order valence-electron chi connectivity index (χ0n) is 18.5. The van der Waals surface area contributed by atoms with E-state index in [4.69, 9.17) is 9.17 Å². The molecule has 32 heavy (non-hydrogen) atoms. The summed E-state index contributed by atoms with van der Waals surface area (Å²) in [6.07, 6.45) is 6.41. The van der Waals surface area contributed by atoms with Gasteiger partial charge in [-0.1, -0.05) is 24.6 Å². The van der Waals surface area contributed by atoms with Crippen LogP contribution in [0, 0.1) is 0 Å². The van der Waals surface area contributed by atoms with Gasteiger partial charge in [-0.15, -0.1) is 0 Å². The van der Waals surface area contributed by atoms with Crippen molar-refractivity contribution in [2.24, 2.45) is 0 Å². The highest BCUT2D eigenvalue weighted by Crippen LogP contribution is 2.39. The molecule has 1 saturated heterocycles. The summed E-state index contributed by atoms with van der Waals surface area (Å²) in [5.41, 5.74) is 6.60. The quantitative estimate of drug-likeness (QED) is 0.682. The maximum absolute atomic E-state index is 12.3. The number of carbonyl (C=O) groups excluding carboxylic acids is 1. The van der Waals surface area contributed by atoms with Crippen molar-refractivity contribution >= 4 is 21.9 Å². The summed E-state index contributed by atoms with van der Waals surface area (Å²) in [6.45, 7) is 3.45. The molecule has 1 aliphatic heterocycles. The van der Waals surface area contributed by atoms with Crippen LogP contribution in [0.25, 0.3) is 5.57 Å². The number of piperidine rings is 1. The maximum Gasteiger partial charge on any atom is 0.448 e. The molecule has 4 rings (SSSR count). The zero-order chi connectivity index (χ0) is 22.7. The fraction of sp³-hybridized carbons (Fsp3) is 0.417. The highest BCUT2D eigenvalue weighted by atomic mass is 32.3. The minimum atomic E-state index is -4.08. The van der Waals surface area contributed by atoms with E-state index in [0.29, 0.717) is 19.5 Å². The monoisotopic (exact) mass is 456 g/mol. The Morgan fingerprint density at radius 1 is 1.09 bits per heavy atom. The standard InChI is InChI=1S/C24H28N2O5S/c1-3-5-22(27)26-14-11-17(12-15-26)23-21-10-9-20(31-32(28,29)30-2)16-19(21)8-7-18-6-4-13-25-24(18)23/h4,6,9-10,13,16H,3,5,7-8,11-12,14-15H2,1-2H3. The molecule has 0 atom stereocenters. The predicted molar refractivity (Wildman–Crippen MR) is 121 cm³/mol. The number of aromatic nitrogens is 1. The van der Waals surface area contributed by atoms with E-state index in [-0.39, 0.29) is 11.7 Å². The van der Waals surface area contributed by atoms with Crippen molar-refractivity contribution in [1.29, 1.82) is 0 Å². The Bertz CT molecular complexity index is 1150. The summed E-state index contributed by atoms with van der Waals surface area (Å²) in [7, 11) is -3.01. The molecule has 8 heteroatoms. The second kappa shape index (κ2) is 9.42. The number of amides is 1. The Kier molecular flexibility index (Phi) is 6.62. The number of rotatable bonds is 5. The number of benzene rings is 1. The van der Waals surface area contributed by atoms with Crippen molar-refractivity contribution in [3.63, 3.8) is 0 Å². The molecule has 1 aromatic heterocycles. The lowest BCUT2D eigenvalue weighted by Crippen LogP contribution is -2.36. The van der Waals surface area contributed by atoms with Gasteiger partial charge in [0.2, 0.25) is 5.91 Å². The number of likely N-dealkylation sites (tertiary alicyclic amines) is 1. The third-order valence-electron chi connectivity index (χ3n) is 6.08. The van der Waals surface area contributed by atoms with Crippen molar-refractivity contribution < 1.29 is 21.6 Å². The summed E-state index contributed by atoms with van der Waals surface area (Å²) >= 11 is 0. The molecule has 1 aliphatic carbocycles. The first-order chi connectivity index (χ1) is 15.4. The van der Waals surface area contributed by atoms with Crippen molar-refractivity contribution in [2.45, 2.75) is 45.4 Å². The Morgan fingerprint density at radius 3 is 2.56 bits per heavy atom. The molecule has 2 heterocycles. The van der Waals surface area contributed by atoms with Gasteiger partial charge in [-0.05, 0) is 67.0 Å². The summed E-state index contributed by atoms with van der Waals surface area (Å²) in [6, 6.07) is 9.39. The number of aryl methyl sites for hydroxylation is 2. The van der Waals surface area contributed by atoms with Crippen LogP contribution in [0.3, 0.4) is 0 Å². The molecule has 2 aromatic rings. The van der Waals surface area contributed by atoms with Gasteiger partial charge in [0.15, 0.2) is 0 Å². The predicted octanol–water partition coefficient (Wildman–Crippen LogP) is 3.67. The van der Waals surface area contributed by atoms with Crippen molar-refractivity contribution in [3.8, 4) is 5.75 Å². The van der Waals surface area contributed by atoms with E-state index in [0.717, 1.165) is 61.6 Å². The molecule has 2 aliphatic rings. The van der Waals surface area contributed by atoms with E-state index in [1.807, 2.05) is 30.2 Å². The number of fused-ring (bicyclic) bond motifs is 2. The topological polar surface area (TPSA) is 85.8 Å². The van der Waals surface area contributed by atoms with Crippen molar-refractivity contribution in [3.05, 3.63) is 64.5 Å². The molecule has 0 N–H and O–H groups in total. The second-order valence-corrected chi connectivity index (χ2v) is 9.41. The SMILES string of the molecule is CCCC(=O)N1CCC(=C2c3ccc(OS(=O)(=O)OC)cc3CCc3cccnc32)CC1. The van der Waals surface area contributed by atoms with Crippen LogP contribution in [0.5, 0.6) is 5.75 Å². The van der Waals surface area contributed by atoms with Gasteiger partial charge in [0.1, 0.15) is 5.75 Å². The van der Waals surface area contributed by atoms with Gasteiger partial charge < -0.3 is 9.08 Å². The maximum atomic E-state index is 12.3. The largest absolute Gasteiger partial charge is 0.448 e. The molecular formula is C24H28N2O5S. The normalized spacial score (nSPS) is 16.2. The Morgan fingerprint density at radius 2 is 1.84 bits per heavy atom. The Hall–Kier alpha value is -2.71. The van der Waals surface area contributed by atoms with Crippen LogP contribution in [0.2, 0.25) is 0 Å². The lowest BCUT2D eigenvalue weighted by Gasteiger charge is -2.30. The Balaban J connectivity index is 1.74. The highest BCUT2D eigenvalue weighted by molar-refractivity contribution is 7.82. The van der Waals surface area contributed by atoms with Crippen LogP contribution in [-0.4, -0.2) is 44.4 Å². The van der Waals surface area contributed by atoms with Gasteiger partial charge in [0.05, 0.1) is 12.8 Å². The molecule has 0 radical (unpaired) electrons. The minimum Gasteiger partial charge on any atom is -0.362 e. The highest BCUT2D eigenvalue weighted by Gasteiger charge is 2.26. The fourth-order valence-electron chi connectivity index (χ4n) is 4.49. The van der Waals surface area contributed by atoms with Crippen LogP contribution in [-0.2, 0) is 32.2 Å². The van der Waals surface area contributed by atoms with E-state index in [1.54, 1.807) is 12.1 Å². The molecular weight excluding hydrogens is 428 g/mol. The molecule has 7 nitrogen and oxygen atoms in total. The summed E-state index contributed by atoms with van der Waals surface area (Å²) in [5.74, 6) is 0.450. The van der Waals surface area contributed by atoms with Gasteiger partial charge in [0, 0.05) is 31.3 Å². The average molecular weight is 457 g/mol. The van der Waals surface area contributed by atoms with Crippen LogP contribution >= 0.6 is 0 Å². The average Bonchev–Trinajstić information content (AvgIpc) is 2.96. The number of nitrogens with zero attached hydrogens (tertiary/aromatic N) is 2. The number of pyridine rings is 1. The van der Waals surface area contributed by atoms with Crippen LogP contribution in [0.15, 0.2) is 42.1 Å². The van der Waals surface area contributed by atoms with Crippen LogP contribution in [0.1, 0.15) is 55.0 Å². The smallest absolute Gasteiger partial charge is 0.362 e. The first-order valence-electron chi connectivity index (χ1n) is 11.0.